The van der Waals surface area contributed by atoms with Gasteiger partial charge in [0.05, 0.1) is 21.1 Å². The van der Waals surface area contributed by atoms with Crippen LogP contribution in [0.4, 0.5) is 5.69 Å². The summed E-state index contributed by atoms with van der Waals surface area (Å²) in [6.07, 6.45) is 0. The van der Waals surface area contributed by atoms with Crippen molar-refractivity contribution in [2.75, 3.05) is 21.1 Å². The molecule has 0 fully saturated rings. The largest absolute Gasteiger partial charge is 0.872 e. The molecule has 13 heavy (non-hydrogen) atoms. The Labute approximate surface area is 90.2 Å². The lowest BCUT2D eigenvalue weighted by molar-refractivity contribution is -0.268. The predicted octanol–water partition coefficient (Wildman–Crippen LogP) is 1.84. The van der Waals surface area contributed by atoms with Gasteiger partial charge in [-0.15, -0.1) is 22.7 Å². The van der Waals surface area contributed by atoms with E-state index < -0.39 is 0 Å². The van der Waals surface area contributed by atoms with Gasteiger partial charge in [0.1, 0.15) is 5.69 Å². The molecule has 0 N–H and O–H groups in total. The van der Waals surface area contributed by atoms with Crippen LogP contribution in [0.25, 0.3) is 0 Å². The number of hydrogen-bond acceptors (Lipinski definition) is 1. The zero-order valence-corrected chi connectivity index (χ0v) is 10.2. The third kappa shape index (κ3) is 3.36. The van der Waals surface area contributed by atoms with Crippen molar-refractivity contribution in [3.63, 3.8) is 0 Å². The van der Waals surface area contributed by atoms with E-state index in [1.54, 1.807) is 12.1 Å². The van der Waals surface area contributed by atoms with Gasteiger partial charge in [-0.25, -0.2) is 0 Å². The smallest absolute Gasteiger partial charge is 0.131 e. The average Bonchev–Trinajstić information content (AvgIpc) is 1.82. The lowest BCUT2D eigenvalue weighted by Crippen LogP contribution is -2.34. The highest BCUT2D eigenvalue weighted by atomic mass is 79.9. The highest BCUT2D eigenvalue weighted by Crippen LogP contribution is 2.22. The Bertz CT molecular complexity index is 271. The Balaban J connectivity index is 0.00000144. The third-order valence-corrected chi connectivity index (χ3v) is 1.81. The summed E-state index contributed by atoms with van der Waals surface area (Å²) in [5.41, 5.74) is 2.09. The molecule has 0 bridgehead atoms. The van der Waals surface area contributed by atoms with Crippen LogP contribution in [0.3, 0.4) is 0 Å². The van der Waals surface area contributed by atoms with Crippen LogP contribution in [0.15, 0.2) is 18.2 Å². The van der Waals surface area contributed by atoms with Crippen molar-refractivity contribution in [2.24, 2.45) is 0 Å². The van der Waals surface area contributed by atoms with Gasteiger partial charge in [0, 0.05) is 6.07 Å². The minimum atomic E-state index is 0. The summed E-state index contributed by atoms with van der Waals surface area (Å²) < 4.78 is 0.691. The van der Waals surface area contributed by atoms with E-state index in [1.807, 2.05) is 34.1 Å². The van der Waals surface area contributed by atoms with Crippen LogP contribution >= 0.6 is 17.0 Å². The molecule has 1 aromatic carbocycles. The van der Waals surface area contributed by atoms with Crippen molar-refractivity contribution >= 4 is 22.7 Å². The first-order chi connectivity index (χ1) is 5.39. The van der Waals surface area contributed by atoms with Gasteiger partial charge in [-0.2, -0.15) is 0 Å². The second-order valence-electron chi connectivity index (χ2n) is 4.02. The van der Waals surface area contributed by atoms with Gasteiger partial charge in [0.25, 0.3) is 0 Å². The molecule has 0 saturated carbocycles. The maximum absolute atomic E-state index is 11.1. The molecule has 0 aliphatic carbocycles. The van der Waals surface area contributed by atoms with Gasteiger partial charge in [-0.3, -0.25) is 4.48 Å². The molecular weight excluding hydrogens is 230 g/mol. The van der Waals surface area contributed by atoms with Crippen molar-refractivity contribution in [3.8, 4) is 5.75 Å². The van der Waals surface area contributed by atoms with E-state index >= 15 is 0 Å². The SMILES string of the molecule is Br.Cc1cc([O-])cc([N+](C)(C)C)c1. The molecule has 0 spiro atoms. The second-order valence-corrected chi connectivity index (χ2v) is 4.02. The van der Waals surface area contributed by atoms with Crippen molar-refractivity contribution < 1.29 is 5.11 Å². The van der Waals surface area contributed by atoms with Gasteiger partial charge >= 0.3 is 0 Å². The molecule has 0 amide bonds. The molecule has 2 nitrogen and oxygen atoms in total. The molecule has 1 rings (SSSR count). The topological polar surface area (TPSA) is 23.1 Å². The van der Waals surface area contributed by atoms with Crippen LogP contribution in [0, 0.1) is 6.92 Å². The van der Waals surface area contributed by atoms with Gasteiger partial charge in [0.2, 0.25) is 0 Å². The summed E-state index contributed by atoms with van der Waals surface area (Å²) in [5, 5.41) is 11.1. The molecule has 0 saturated heterocycles. The number of quaternary nitrogens is 1. The van der Waals surface area contributed by atoms with E-state index in [-0.39, 0.29) is 22.7 Å². The summed E-state index contributed by atoms with van der Waals surface area (Å²) in [6.45, 7) is 1.94. The van der Waals surface area contributed by atoms with E-state index in [2.05, 4.69) is 0 Å². The van der Waals surface area contributed by atoms with Gasteiger partial charge in [0.15, 0.2) is 0 Å². The first-order valence-corrected chi connectivity index (χ1v) is 4.00. The van der Waals surface area contributed by atoms with Crippen molar-refractivity contribution in [2.45, 2.75) is 6.92 Å². The van der Waals surface area contributed by atoms with Crippen molar-refractivity contribution in [1.29, 1.82) is 0 Å². The molecule has 0 unspecified atom stereocenters. The molecule has 1 aromatic rings. The number of benzene rings is 1. The Morgan fingerprint density at radius 3 is 2.00 bits per heavy atom. The minimum Gasteiger partial charge on any atom is -0.872 e. The van der Waals surface area contributed by atoms with E-state index in [1.165, 1.54) is 0 Å². The van der Waals surface area contributed by atoms with E-state index in [9.17, 15) is 5.11 Å². The van der Waals surface area contributed by atoms with Crippen LogP contribution in [0.1, 0.15) is 5.56 Å². The first-order valence-electron chi connectivity index (χ1n) is 4.00. The van der Waals surface area contributed by atoms with Crippen LogP contribution < -0.4 is 9.59 Å². The highest BCUT2D eigenvalue weighted by molar-refractivity contribution is 8.93. The van der Waals surface area contributed by atoms with E-state index in [4.69, 9.17) is 0 Å². The maximum atomic E-state index is 11.1. The second kappa shape index (κ2) is 4.11. The third-order valence-electron chi connectivity index (χ3n) is 1.81. The first kappa shape index (κ1) is 12.5. The van der Waals surface area contributed by atoms with E-state index in [0.29, 0.717) is 4.48 Å². The van der Waals surface area contributed by atoms with Crippen molar-refractivity contribution in [3.05, 3.63) is 23.8 Å². The molecule has 0 aliphatic rings. The van der Waals surface area contributed by atoms with Crippen LogP contribution in [0.2, 0.25) is 0 Å². The summed E-state index contributed by atoms with van der Waals surface area (Å²) in [6, 6.07) is 5.38. The molecular formula is C10H16BrNO. The lowest BCUT2D eigenvalue weighted by Gasteiger charge is -2.25. The van der Waals surface area contributed by atoms with Gasteiger partial charge in [-0.1, -0.05) is 6.07 Å². The van der Waals surface area contributed by atoms with Gasteiger partial charge < -0.3 is 5.11 Å². The summed E-state index contributed by atoms with van der Waals surface area (Å²) in [4.78, 5) is 0. The van der Waals surface area contributed by atoms with E-state index in [0.717, 1.165) is 11.3 Å². The Kier molecular flexibility index (Phi) is 3.94. The number of halogens is 1. The summed E-state index contributed by atoms with van der Waals surface area (Å²) in [5.74, 6) is 0.0954. The van der Waals surface area contributed by atoms with Crippen molar-refractivity contribution in [1.82, 2.24) is 4.48 Å². The van der Waals surface area contributed by atoms with Crippen LogP contribution in [-0.4, -0.2) is 21.1 Å². The zero-order valence-electron chi connectivity index (χ0n) is 8.50. The monoisotopic (exact) mass is 245 g/mol. The minimum absolute atomic E-state index is 0. The molecule has 0 aliphatic heterocycles. The quantitative estimate of drug-likeness (QED) is 0.693. The standard InChI is InChI=1S/C10H15NO.BrH/c1-8-5-9(11(2,3)4)7-10(12)6-8;/h5-7H,1-4H3;1H. The maximum Gasteiger partial charge on any atom is 0.131 e. The molecule has 0 atom stereocenters. The predicted molar refractivity (Wildman–Crippen MR) is 60.5 cm³/mol. The molecule has 0 heterocycles. The molecule has 0 aromatic heterocycles. The molecule has 0 radical (unpaired) electrons. The van der Waals surface area contributed by atoms with Crippen LogP contribution in [0.5, 0.6) is 5.75 Å². The number of nitrogens with zero attached hydrogens (tertiary/aromatic N) is 1. The van der Waals surface area contributed by atoms with Gasteiger partial charge in [-0.05, 0) is 18.6 Å². The fraction of sp³-hybridized carbons (Fsp3) is 0.400. The summed E-state index contributed by atoms with van der Waals surface area (Å²) in [7, 11) is 6.15. The Hall–Kier alpha value is -0.540. The Morgan fingerprint density at radius 1 is 1.08 bits per heavy atom. The van der Waals surface area contributed by atoms with Crippen LogP contribution in [-0.2, 0) is 0 Å². The molecule has 74 valence electrons. The Morgan fingerprint density at radius 2 is 1.62 bits per heavy atom. The molecule has 3 heteroatoms. The average molecular weight is 246 g/mol. The normalized spacial score (nSPS) is 10.8. The highest BCUT2D eigenvalue weighted by Gasteiger charge is 2.10. The number of hydrogen-bond donors (Lipinski definition) is 0. The fourth-order valence-corrected chi connectivity index (χ4v) is 1.12. The number of rotatable bonds is 1. The summed E-state index contributed by atoms with van der Waals surface area (Å²) >= 11 is 0. The fourth-order valence-electron chi connectivity index (χ4n) is 1.12. The number of aryl methyl sites for hydroxylation is 1. The lowest BCUT2D eigenvalue weighted by atomic mass is 10.2. The zero-order chi connectivity index (χ0) is 9.35.